The molecule has 1 N–H and O–H groups in total. The van der Waals surface area contributed by atoms with Crippen LogP contribution in [0, 0.1) is 0 Å². The summed E-state index contributed by atoms with van der Waals surface area (Å²) < 4.78 is 11.7. The molecule has 1 aliphatic rings. The zero-order valence-corrected chi connectivity index (χ0v) is 15.3. The zero-order chi connectivity index (χ0) is 18.0. The molecule has 1 aliphatic heterocycles. The van der Waals surface area contributed by atoms with Crippen LogP contribution < -0.4 is 14.8 Å². The first-order chi connectivity index (χ1) is 11.8. The van der Waals surface area contributed by atoms with Crippen LogP contribution in [0.5, 0.6) is 11.5 Å². The fourth-order valence-corrected chi connectivity index (χ4v) is 3.20. The van der Waals surface area contributed by atoms with E-state index in [4.69, 9.17) is 21.1 Å². The fourth-order valence-electron chi connectivity index (χ4n) is 3.02. The van der Waals surface area contributed by atoms with Crippen LogP contribution in [0.1, 0.15) is 38.8 Å². The standard InChI is InChI=1S/C20H22ClNO3/c1-13(24-15-8-6-7-14(21)11-15)19(23)22-17-12-20(2,3)25-18-10-5-4-9-16(17)18/h4-11,13,17H,12H2,1-3H3,(H,22,23)/t13-,17+/m0/s1. The molecule has 25 heavy (non-hydrogen) atoms. The highest BCUT2D eigenvalue weighted by atomic mass is 35.5. The normalized spacial score (nSPS) is 19.3. The first kappa shape index (κ1) is 17.6. The molecule has 132 valence electrons. The van der Waals surface area contributed by atoms with Gasteiger partial charge in [0.05, 0.1) is 6.04 Å². The summed E-state index contributed by atoms with van der Waals surface area (Å²) in [5.74, 6) is 1.22. The second-order valence-corrected chi connectivity index (χ2v) is 7.32. The van der Waals surface area contributed by atoms with E-state index in [-0.39, 0.29) is 17.6 Å². The Morgan fingerprint density at radius 2 is 2.04 bits per heavy atom. The lowest BCUT2D eigenvalue weighted by Crippen LogP contribution is -2.44. The summed E-state index contributed by atoms with van der Waals surface area (Å²) in [4.78, 5) is 12.6. The number of carbonyl (C=O) groups is 1. The van der Waals surface area contributed by atoms with Gasteiger partial charge in [0, 0.05) is 17.0 Å². The number of rotatable bonds is 4. The maximum Gasteiger partial charge on any atom is 0.261 e. The van der Waals surface area contributed by atoms with Crippen LogP contribution in [-0.4, -0.2) is 17.6 Å². The molecule has 0 radical (unpaired) electrons. The summed E-state index contributed by atoms with van der Waals surface area (Å²) in [6.45, 7) is 5.77. The molecule has 3 rings (SSSR count). The lowest BCUT2D eigenvalue weighted by Gasteiger charge is -2.38. The average molecular weight is 360 g/mol. The Labute approximate surface area is 153 Å². The highest BCUT2D eigenvalue weighted by Crippen LogP contribution is 2.39. The molecule has 5 heteroatoms. The summed E-state index contributed by atoms with van der Waals surface area (Å²) in [6.07, 6.45) is 0.0659. The molecule has 2 aromatic rings. The second kappa shape index (κ2) is 6.96. The lowest BCUT2D eigenvalue weighted by molar-refractivity contribution is -0.128. The van der Waals surface area contributed by atoms with Gasteiger partial charge in [0.25, 0.3) is 5.91 Å². The molecule has 0 fully saturated rings. The molecule has 4 nitrogen and oxygen atoms in total. The van der Waals surface area contributed by atoms with Gasteiger partial charge in [0.1, 0.15) is 17.1 Å². The van der Waals surface area contributed by atoms with Gasteiger partial charge in [-0.25, -0.2) is 0 Å². The van der Waals surface area contributed by atoms with Crippen molar-refractivity contribution in [3.8, 4) is 11.5 Å². The van der Waals surface area contributed by atoms with E-state index in [2.05, 4.69) is 5.32 Å². The van der Waals surface area contributed by atoms with Gasteiger partial charge in [0.15, 0.2) is 6.10 Å². The van der Waals surface area contributed by atoms with Gasteiger partial charge < -0.3 is 14.8 Å². The third-order valence-electron chi connectivity index (χ3n) is 4.17. The molecule has 0 unspecified atom stereocenters. The molecule has 2 atom stereocenters. The van der Waals surface area contributed by atoms with Crippen molar-refractivity contribution in [1.29, 1.82) is 0 Å². The number of nitrogens with one attached hydrogen (secondary N) is 1. The monoisotopic (exact) mass is 359 g/mol. The Kier molecular flexibility index (Phi) is 4.91. The molecule has 0 bridgehead atoms. The van der Waals surface area contributed by atoms with E-state index < -0.39 is 6.10 Å². The van der Waals surface area contributed by atoms with Crippen molar-refractivity contribution in [2.75, 3.05) is 0 Å². The van der Waals surface area contributed by atoms with Gasteiger partial charge >= 0.3 is 0 Å². The highest BCUT2D eigenvalue weighted by molar-refractivity contribution is 6.30. The molecule has 2 aromatic carbocycles. The van der Waals surface area contributed by atoms with Crippen molar-refractivity contribution in [2.24, 2.45) is 0 Å². The predicted molar refractivity (Wildman–Crippen MR) is 98.2 cm³/mol. The number of hydrogen-bond acceptors (Lipinski definition) is 3. The van der Waals surface area contributed by atoms with Gasteiger partial charge in [-0.3, -0.25) is 4.79 Å². The van der Waals surface area contributed by atoms with Crippen molar-refractivity contribution in [1.82, 2.24) is 5.32 Å². The summed E-state index contributed by atoms with van der Waals surface area (Å²) in [6, 6.07) is 14.7. The summed E-state index contributed by atoms with van der Waals surface area (Å²) >= 11 is 5.96. The van der Waals surface area contributed by atoms with Gasteiger partial charge in [-0.05, 0) is 45.0 Å². The maximum atomic E-state index is 12.6. The molecule has 0 saturated carbocycles. The number of amides is 1. The van der Waals surface area contributed by atoms with E-state index in [0.717, 1.165) is 11.3 Å². The molecule has 1 heterocycles. The molecule has 0 saturated heterocycles. The zero-order valence-electron chi connectivity index (χ0n) is 14.6. The van der Waals surface area contributed by atoms with Crippen molar-refractivity contribution in [3.05, 3.63) is 59.1 Å². The first-order valence-electron chi connectivity index (χ1n) is 8.35. The van der Waals surface area contributed by atoms with E-state index in [0.29, 0.717) is 17.2 Å². The highest BCUT2D eigenvalue weighted by Gasteiger charge is 2.35. The van der Waals surface area contributed by atoms with E-state index in [1.807, 2.05) is 38.1 Å². The molecule has 1 amide bonds. The van der Waals surface area contributed by atoms with Crippen molar-refractivity contribution in [2.45, 2.75) is 44.9 Å². The molecule has 0 spiro atoms. The third-order valence-corrected chi connectivity index (χ3v) is 4.41. The van der Waals surface area contributed by atoms with Crippen LogP contribution in [0.3, 0.4) is 0 Å². The topological polar surface area (TPSA) is 47.6 Å². The van der Waals surface area contributed by atoms with Crippen LogP contribution in [0.2, 0.25) is 5.02 Å². The fraction of sp³-hybridized carbons (Fsp3) is 0.350. The molecule has 0 aliphatic carbocycles. The Hall–Kier alpha value is -2.20. The molecular formula is C20H22ClNO3. The minimum absolute atomic E-state index is 0.113. The Morgan fingerprint density at radius 1 is 1.28 bits per heavy atom. The number of benzene rings is 2. The molecule has 0 aromatic heterocycles. The second-order valence-electron chi connectivity index (χ2n) is 6.88. The van der Waals surface area contributed by atoms with Crippen LogP contribution >= 0.6 is 11.6 Å². The number of ether oxygens (including phenoxy) is 2. The number of para-hydroxylation sites is 1. The minimum Gasteiger partial charge on any atom is -0.487 e. The van der Waals surface area contributed by atoms with Crippen molar-refractivity contribution in [3.63, 3.8) is 0 Å². The minimum atomic E-state index is -0.628. The van der Waals surface area contributed by atoms with Gasteiger partial charge in [0.2, 0.25) is 0 Å². The maximum absolute atomic E-state index is 12.6. The Morgan fingerprint density at radius 3 is 2.80 bits per heavy atom. The van der Waals surface area contributed by atoms with Crippen LogP contribution in [-0.2, 0) is 4.79 Å². The van der Waals surface area contributed by atoms with E-state index in [1.165, 1.54) is 0 Å². The van der Waals surface area contributed by atoms with E-state index >= 15 is 0 Å². The van der Waals surface area contributed by atoms with Crippen LogP contribution in [0.4, 0.5) is 0 Å². The number of fused-ring (bicyclic) bond motifs is 1. The number of hydrogen-bond donors (Lipinski definition) is 1. The number of carbonyl (C=O) groups excluding carboxylic acids is 1. The van der Waals surface area contributed by atoms with Gasteiger partial charge in [-0.1, -0.05) is 35.9 Å². The van der Waals surface area contributed by atoms with Gasteiger partial charge in [-0.2, -0.15) is 0 Å². The summed E-state index contributed by atoms with van der Waals surface area (Å²) in [7, 11) is 0. The van der Waals surface area contributed by atoms with Crippen LogP contribution in [0.25, 0.3) is 0 Å². The first-order valence-corrected chi connectivity index (χ1v) is 8.72. The summed E-state index contributed by atoms with van der Waals surface area (Å²) in [5.41, 5.74) is 0.647. The average Bonchev–Trinajstić information content (AvgIpc) is 2.53. The number of halogens is 1. The molecular weight excluding hydrogens is 338 g/mol. The quantitative estimate of drug-likeness (QED) is 0.872. The van der Waals surface area contributed by atoms with Crippen LogP contribution in [0.15, 0.2) is 48.5 Å². The largest absolute Gasteiger partial charge is 0.487 e. The smallest absolute Gasteiger partial charge is 0.261 e. The van der Waals surface area contributed by atoms with E-state index in [9.17, 15) is 4.79 Å². The Bertz CT molecular complexity index is 775. The van der Waals surface area contributed by atoms with Crippen molar-refractivity contribution < 1.29 is 14.3 Å². The lowest BCUT2D eigenvalue weighted by atomic mass is 9.89. The summed E-state index contributed by atoms with van der Waals surface area (Å²) in [5, 5.41) is 3.66. The van der Waals surface area contributed by atoms with E-state index in [1.54, 1.807) is 31.2 Å². The van der Waals surface area contributed by atoms with Gasteiger partial charge in [-0.15, -0.1) is 0 Å². The Balaban J connectivity index is 1.72. The third kappa shape index (κ3) is 4.26. The SMILES string of the molecule is C[C@H](Oc1cccc(Cl)c1)C(=O)N[C@@H]1CC(C)(C)Oc2ccccc21. The predicted octanol–water partition coefficient (Wildman–Crippen LogP) is 4.53. The van der Waals surface area contributed by atoms with Crippen molar-refractivity contribution >= 4 is 17.5 Å².